The van der Waals surface area contributed by atoms with Crippen LogP contribution < -0.4 is 4.74 Å². The Labute approximate surface area is 107 Å². The van der Waals surface area contributed by atoms with Gasteiger partial charge >= 0.3 is 0 Å². The van der Waals surface area contributed by atoms with E-state index in [9.17, 15) is 0 Å². The quantitative estimate of drug-likeness (QED) is 0.849. The van der Waals surface area contributed by atoms with Crippen molar-refractivity contribution in [1.29, 1.82) is 0 Å². The standard InChI is InChI=1S/C12H12BrNOS/c1-3-8-4-5-10(15-2)9(6-8)12-14-11(13)7-16-12/h4-7H,3H2,1-2H3. The summed E-state index contributed by atoms with van der Waals surface area (Å²) in [5.74, 6) is 0.874. The summed E-state index contributed by atoms with van der Waals surface area (Å²) in [6, 6.07) is 6.23. The largest absolute Gasteiger partial charge is 0.496 e. The topological polar surface area (TPSA) is 22.1 Å². The molecule has 84 valence electrons. The van der Waals surface area contributed by atoms with Gasteiger partial charge in [-0.05, 0) is 40.0 Å². The number of thiazole rings is 1. The molecular weight excluding hydrogens is 286 g/mol. The Bertz CT molecular complexity index is 496. The van der Waals surface area contributed by atoms with E-state index in [1.165, 1.54) is 5.56 Å². The lowest BCUT2D eigenvalue weighted by molar-refractivity contribution is 0.416. The summed E-state index contributed by atoms with van der Waals surface area (Å²) in [4.78, 5) is 4.42. The molecule has 0 radical (unpaired) electrons. The van der Waals surface area contributed by atoms with E-state index >= 15 is 0 Å². The minimum Gasteiger partial charge on any atom is -0.496 e. The van der Waals surface area contributed by atoms with Crippen LogP contribution in [0.2, 0.25) is 0 Å². The number of hydrogen-bond donors (Lipinski definition) is 0. The van der Waals surface area contributed by atoms with Crippen molar-refractivity contribution >= 4 is 27.3 Å². The van der Waals surface area contributed by atoms with Crippen molar-refractivity contribution in [3.8, 4) is 16.3 Å². The molecule has 0 N–H and O–H groups in total. The number of hydrogen-bond acceptors (Lipinski definition) is 3. The summed E-state index contributed by atoms with van der Waals surface area (Å²) in [5.41, 5.74) is 2.36. The first-order valence-corrected chi connectivity index (χ1v) is 6.70. The third kappa shape index (κ3) is 2.28. The molecule has 0 aliphatic carbocycles. The molecule has 0 aliphatic rings. The van der Waals surface area contributed by atoms with Crippen LogP contribution >= 0.6 is 27.3 Å². The predicted octanol–water partition coefficient (Wildman–Crippen LogP) is 4.14. The Hall–Kier alpha value is -0.870. The number of aryl methyl sites for hydroxylation is 1. The summed E-state index contributed by atoms with van der Waals surface area (Å²) in [5, 5.41) is 2.96. The van der Waals surface area contributed by atoms with Crippen LogP contribution in [-0.2, 0) is 6.42 Å². The van der Waals surface area contributed by atoms with Crippen LogP contribution in [0.25, 0.3) is 10.6 Å². The molecule has 0 bridgehead atoms. The van der Waals surface area contributed by atoms with Gasteiger partial charge in [0.15, 0.2) is 0 Å². The van der Waals surface area contributed by atoms with Gasteiger partial charge in [-0.1, -0.05) is 13.0 Å². The van der Waals surface area contributed by atoms with Crippen LogP contribution in [0, 0.1) is 0 Å². The molecule has 0 unspecified atom stereocenters. The molecule has 0 fully saturated rings. The fraction of sp³-hybridized carbons (Fsp3) is 0.250. The van der Waals surface area contributed by atoms with Gasteiger partial charge in [0.1, 0.15) is 15.4 Å². The van der Waals surface area contributed by atoms with Crippen LogP contribution in [0.1, 0.15) is 12.5 Å². The van der Waals surface area contributed by atoms with Crippen molar-refractivity contribution in [1.82, 2.24) is 4.98 Å². The van der Waals surface area contributed by atoms with Crippen molar-refractivity contribution in [3.63, 3.8) is 0 Å². The van der Waals surface area contributed by atoms with E-state index in [1.54, 1.807) is 18.4 Å². The van der Waals surface area contributed by atoms with E-state index < -0.39 is 0 Å². The first-order valence-electron chi connectivity index (χ1n) is 5.03. The fourth-order valence-electron chi connectivity index (χ4n) is 1.52. The molecule has 4 heteroatoms. The van der Waals surface area contributed by atoms with Crippen molar-refractivity contribution in [2.45, 2.75) is 13.3 Å². The molecule has 0 atom stereocenters. The lowest BCUT2D eigenvalue weighted by Gasteiger charge is -2.07. The van der Waals surface area contributed by atoms with E-state index in [0.717, 1.165) is 27.3 Å². The average molecular weight is 298 g/mol. The molecule has 2 rings (SSSR count). The van der Waals surface area contributed by atoms with E-state index in [2.05, 4.69) is 40.0 Å². The number of benzene rings is 1. The Morgan fingerprint density at radius 2 is 2.25 bits per heavy atom. The van der Waals surface area contributed by atoms with Gasteiger partial charge in [-0.3, -0.25) is 0 Å². The van der Waals surface area contributed by atoms with Crippen molar-refractivity contribution in [2.24, 2.45) is 0 Å². The summed E-state index contributed by atoms with van der Waals surface area (Å²) in [7, 11) is 1.69. The molecule has 0 spiro atoms. The summed E-state index contributed by atoms with van der Waals surface area (Å²) >= 11 is 4.98. The fourth-order valence-corrected chi connectivity index (χ4v) is 2.79. The van der Waals surface area contributed by atoms with Gasteiger partial charge in [0.25, 0.3) is 0 Å². The maximum absolute atomic E-state index is 5.36. The summed E-state index contributed by atoms with van der Waals surface area (Å²) in [6.45, 7) is 2.14. The van der Waals surface area contributed by atoms with Crippen LogP contribution in [0.15, 0.2) is 28.2 Å². The number of aromatic nitrogens is 1. The van der Waals surface area contributed by atoms with Crippen LogP contribution in [0.5, 0.6) is 5.75 Å². The second-order valence-electron chi connectivity index (χ2n) is 3.36. The first kappa shape index (κ1) is 11.6. The monoisotopic (exact) mass is 297 g/mol. The van der Waals surface area contributed by atoms with Gasteiger partial charge in [0.2, 0.25) is 0 Å². The summed E-state index contributed by atoms with van der Waals surface area (Å²) in [6.07, 6.45) is 1.02. The molecule has 2 aromatic rings. The molecular formula is C12H12BrNOS. The highest BCUT2D eigenvalue weighted by Gasteiger charge is 2.10. The van der Waals surface area contributed by atoms with Gasteiger partial charge in [0, 0.05) is 5.38 Å². The van der Waals surface area contributed by atoms with Crippen LogP contribution in [0.4, 0.5) is 0 Å². The van der Waals surface area contributed by atoms with Gasteiger partial charge in [-0.2, -0.15) is 0 Å². The maximum atomic E-state index is 5.36. The SMILES string of the molecule is CCc1ccc(OC)c(-c2nc(Br)cs2)c1. The lowest BCUT2D eigenvalue weighted by Crippen LogP contribution is -1.90. The molecule has 1 heterocycles. The molecule has 16 heavy (non-hydrogen) atoms. The van der Waals surface area contributed by atoms with E-state index in [4.69, 9.17) is 4.74 Å². The third-order valence-corrected chi connectivity index (χ3v) is 3.96. The van der Waals surface area contributed by atoms with E-state index in [0.29, 0.717) is 0 Å². The number of rotatable bonds is 3. The smallest absolute Gasteiger partial charge is 0.129 e. The lowest BCUT2D eigenvalue weighted by atomic mass is 10.1. The Morgan fingerprint density at radius 1 is 1.44 bits per heavy atom. The molecule has 2 nitrogen and oxygen atoms in total. The third-order valence-electron chi connectivity index (χ3n) is 2.38. The van der Waals surface area contributed by atoms with Gasteiger partial charge in [-0.15, -0.1) is 11.3 Å². The summed E-state index contributed by atoms with van der Waals surface area (Å²) < 4.78 is 6.23. The zero-order valence-corrected chi connectivity index (χ0v) is 11.6. The Balaban J connectivity index is 2.52. The minimum atomic E-state index is 0.872. The number of methoxy groups -OCH3 is 1. The highest BCUT2D eigenvalue weighted by atomic mass is 79.9. The highest BCUT2D eigenvalue weighted by molar-refractivity contribution is 9.10. The number of nitrogens with zero attached hydrogens (tertiary/aromatic N) is 1. The second kappa shape index (κ2) is 4.97. The van der Waals surface area contributed by atoms with Gasteiger partial charge in [-0.25, -0.2) is 4.98 Å². The molecule has 0 saturated heterocycles. The number of ether oxygens (including phenoxy) is 1. The normalized spacial score (nSPS) is 10.4. The van der Waals surface area contributed by atoms with E-state index in [1.807, 2.05) is 11.4 Å². The molecule has 0 saturated carbocycles. The van der Waals surface area contributed by atoms with Gasteiger partial charge in [0.05, 0.1) is 12.7 Å². The highest BCUT2D eigenvalue weighted by Crippen LogP contribution is 2.34. The zero-order valence-electron chi connectivity index (χ0n) is 9.16. The van der Waals surface area contributed by atoms with E-state index in [-0.39, 0.29) is 0 Å². The predicted molar refractivity (Wildman–Crippen MR) is 71.2 cm³/mol. The molecule has 1 aromatic heterocycles. The number of halogens is 1. The molecule has 0 amide bonds. The Kier molecular flexibility index (Phi) is 3.61. The van der Waals surface area contributed by atoms with Crippen molar-refractivity contribution in [3.05, 3.63) is 33.7 Å². The van der Waals surface area contributed by atoms with Crippen molar-refractivity contribution in [2.75, 3.05) is 7.11 Å². The average Bonchev–Trinajstić information content (AvgIpc) is 2.75. The maximum Gasteiger partial charge on any atom is 0.129 e. The van der Waals surface area contributed by atoms with Crippen LogP contribution in [-0.4, -0.2) is 12.1 Å². The molecule has 1 aromatic carbocycles. The zero-order chi connectivity index (χ0) is 11.5. The minimum absolute atomic E-state index is 0.872. The first-order chi connectivity index (χ1) is 7.74. The van der Waals surface area contributed by atoms with Crippen molar-refractivity contribution < 1.29 is 4.74 Å². The Morgan fingerprint density at radius 3 is 2.81 bits per heavy atom. The van der Waals surface area contributed by atoms with Crippen LogP contribution in [0.3, 0.4) is 0 Å². The van der Waals surface area contributed by atoms with Gasteiger partial charge < -0.3 is 4.74 Å². The second-order valence-corrected chi connectivity index (χ2v) is 5.03. The molecule has 0 aliphatic heterocycles.